The van der Waals surface area contributed by atoms with Gasteiger partial charge in [0.2, 0.25) is 0 Å². The van der Waals surface area contributed by atoms with Gasteiger partial charge in [0.1, 0.15) is 5.82 Å². The summed E-state index contributed by atoms with van der Waals surface area (Å²) in [5.41, 5.74) is 1.01. The molecule has 0 aliphatic carbocycles. The van der Waals surface area contributed by atoms with Crippen LogP contribution in [0.4, 0.5) is 4.39 Å². The largest absolute Gasteiger partial charge is 0.381 e. The maximum absolute atomic E-state index is 13.8. The zero-order chi connectivity index (χ0) is 15.1. The molecular formula is C17H27FN2O. The fourth-order valence-electron chi connectivity index (χ4n) is 3.13. The summed E-state index contributed by atoms with van der Waals surface area (Å²) in [5.74, 6) is -0.114. The van der Waals surface area contributed by atoms with Crippen molar-refractivity contribution in [1.82, 2.24) is 10.2 Å². The topological polar surface area (TPSA) is 24.5 Å². The number of hydrogen-bond donors (Lipinski definition) is 1. The molecule has 1 aliphatic rings. The van der Waals surface area contributed by atoms with Crippen LogP contribution in [-0.2, 0) is 11.3 Å². The Bertz CT molecular complexity index is 433. The molecule has 1 aromatic rings. The smallest absolute Gasteiger partial charge is 0.127 e. The molecule has 1 aromatic carbocycles. The highest BCUT2D eigenvalue weighted by atomic mass is 19.1. The van der Waals surface area contributed by atoms with Gasteiger partial charge in [0.05, 0.1) is 0 Å². The summed E-state index contributed by atoms with van der Waals surface area (Å²) in [6.07, 6.45) is 2.14. The van der Waals surface area contributed by atoms with E-state index in [9.17, 15) is 4.39 Å². The number of benzene rings is 1. The molecule has 0 atom stereocenters. The first-order valence-corrected chi connectivity index (χ1v) is 7.86. The van der Waals surface area contributed by atoms with E-state index in [1.54, 1.807) is 6.07 Å². The normalized spacial score (nSPS) is 18.1. The van der Waals surface area contributed by atoms with Gasteiger partial charge < -0.3 is 15.0 Å². The molecule has 0 bridgehead atoms. The van der Waals surface area contributed by atoms with E-state index in [4.69, 9.17) is 4.74 Å². The van der Waals surface area contributed by atoms with E-state index in [2.05, 4.69) is 24.2 Å². The van der Waals surface area contributed by atoms with Crippen molar-refractivity contribution >= 4 is 0 Å². The summed E-state index contributed by atoms with van der Waals surface area (Å²) >= 11 is 0. The molecule has 0 spiro atoms. The maximum Gasteiger partial charge on any atom is 0.127 e. The summed E-state index contributed by atoms with van der Waals surface area (Å²) in [6.45, 7) is 7.42. The van der Waals surface area contributed by atoms with Gasteiger partial charge >= 0.3 is 0 Å². The van der Waals surface area contributed by atoms with E-state index in [-0.39, 0.29) is 11.2 Å². The second-order valence-electron chi connectivity index (χ2n) is 6.16. The number of halogens is 1. The average Bonchev–Trinajstić information content (AvgIpc) is 2.48. The SMILES string of the molecule is CCNCC1(CN(C)Cc2ccccc2F)CCOCC1. The lowest BCUT2D eigenvalue weighted by atomic mass is 9.79. The Labute approximate surface area is 127 Å². The van der Waals surface area contributed by atoms with Crippen molar-refractivity contribution in [2.75, 3.05) is 39.9 Å². The summed E-state index contributed by atoms with van der Waals surface area (Å²) < 4.78 is 19.3. The van der Waals surface area contributed by atoms with Crippen molar-refractivity contribution in [1.29, 1.82) is 0 Å². The van der Waals surface area contributed by atoms with Crippen LogP contribution in [0.15, 0.2) is 24.3 Å². The zero-order valence-electron chi connectivity index (χ0n) is 13.2. The number of hydrogen-bond acceptors (Lipinski definition) is 3. The molecule has 0 saturated carbocycles. The van der Waals surface area contributed by atoms with Gasteiger partial charge in [0, 0.05) is 38.4 Å². The van der Waals surface area contributed by atoms with Crippen molar-refractivity contribution < 1.29 is 9.13 Å². The van der Waals surface area contributed by atoms with Crippen LogP contribution in [0.5, 0.6) is 0 Å². The molecular weight excluding hydrogens is 267 g/mol. The summed E-state index contributed by atoms with van der Waals surface area (Å²) in [5, 5.41) is 3.48. The second-order valence-corrected chi connectivity index (χ2v) is 6.16. The number of nitrogens with zero attached hydrogens (tertiary/aromatic N) is 1. The molecule has 21 heavy (non-hydrogen) atoms. The molecule has 1 saturated heterocycles. The van der Waals surface area contributed by atoms with Crippen LogP contribution < -0.4 is 5.32 Å². The molecule has 0 amide bonds. The predicted molar refractivity (Wildman–Crippen MR) is 83.8 cm³/mol. The lowest BCUT2D eigenvalue weighted by Crippen LogP contribution is -2.46. The third kappa shape index (κ3) is 4.77. The summed E-state index contributed by atoms with van der Waals surface area (Å²) in [4.78, 5) is 2.24. The standard InChI is InChI=1S/C17H27FN2O/c1-3-19-13-17(8-10-21-11-9-17)14-20(2)12-15-6-4-5-7-16(15)18/h4-7,19H,3,8-14H2,1-2H3. The van der Waals surface area contributed by atoms with E-state index in [0.717, 1.165) is 51.3 Å². The van der Waals surface area contributed by atoms with Crippen molar-refractivity contribution in [3.63, 3.8) is 0 Å². The Kier molecular flexibility index (Phi) is 6.15. The second kappa shape index (κ2) is 7.87. The van der Waals surface area contributed by atoms with Gasteiger partial charge in [-0.25, -0.2) is 4.39 Å². The lowest BCUT2D eigenvalue weighted by molar-refractivity contribution is -0.00151. The molecule has 1 heterocycles. The highest BCUT2D eigenvalue weighted by molar-refractivity contribution is 5.17. The Morgan fingerprint density at radius 1 is 1.29 bits per heavy atom. The molecule has 4 heteroatoms. The Balaban J connectivity index is 1.97. The van der Waals surface area contributed by atoms with Gasteiger partial charge in [-0.1, -0.05) is 25.1 Å². The molecule has 0 aromatic heterocycles. The molecule has 0 unspecified atom stereocenters. The van der Waals surface area contributed by atoms with Gasteiger partial charge in [-0.05, 0) is 37.9 Å². The minimum absolute atomic E-state index is 0.114. The van der Waals surface area contributed by atoms with Crippen LogP contribution in [-0.4, -0.2) is 44.8 Å². The Morgan fingerprint density at radius 2 is 2.00 bits per heavy atom. The fourth-order valence-corrected chi connectivity index (χ4v) is 3.13. The highest BCUT2D eigenvalue weighted by Crippen LogP contribution is 2.31. The van der Waals surface area contributed by atoms with Crippen LogP contribution in [0.25, 0.3) is 0 Å². The van der Waals surface area contributed by atoms with Crippen LogP contribution in [0, 0.1) is 11.2 Å². The van der Waals surface area contributed by atoms with Crippen molar-refractivity contribution in [2.24, 2.45) is 5.41 Å². The van der Waals surface area contributed by atoms with E-state index in [1.807, 2.05) is 12.1 Å². The van der Waals surface area contributed by atoms with E-state index in [0.29, 0.717) is 6.54 Å². The zero-order valence-corrected chi connectivity index (χ0v) is 13.2. The molecule has 118 valence electrons. The molecule has 1 aliphatic heterocycles. The van der Waals surface area contributed by atoms with E-state index < -0.39 is 0 Å². The highest BCUT2D eigenvalue weighted by Gasteiger charge is 2.33. The number of rotatable bonds is 7. The van der Waals surface area contributed by atoms with Crippen LogP contribution in [0.3, 0.4) is 0 Å². The first-order chi connectivity index (χ1) is 10.2. The maximum atomic E-state index is 13.8. The number of nitrogens with one attached hydrogen (secondary N) is 1. The van der Waals surface area contributed by atoms with Crippen molar-refractivity contribution in [2.45, 2.75) is 26.3 Å². The first kappa shape index (κ1) is 16.4. The fraction of sp³-hybridized carbons (Fsp3) is 0.647. The predicted octanol–water partition coefficient (Wildman–Crippen LogP) is 2.66. The van der Waals surface area contributed by atoms with Crippen LogP contribution >= 0.6 is 0 Å². The van der Waals surface area contributed by atoms with E-state index in [1.165, 1.54) is 6.07 Å². The Morgan fingerprint density at radius 3 is 2.67 bits per heavy atom. The quantitative estimate of drug-likeness (QED) is 0.837. The summed E-state index contributed by atoms with van der Waals surface area (Å²) in [7, 11) is 2.08. The van der Waals surface area contributed by atoms with Crippen LogP contribution in [0.2, 0.25) is 0 Å². The van der Waals surface area contributed by atoms with Gasteiger partial charge in [0.15, 0.2) is 0 Å². The first-order valence-electron chi connectivity index (χ1n) is 7.86. The Hall–Kier alpha value is -0.970. The summed E-state index contributed by atoms with van der Waals surface area (Å²) in [6, 6.07) is 7.04. The molecule has 0 radical (unpaired) electrons. The molecule has 1 N–H and O–H groups in total. The van der Waals surface area contributed by atoms with Gasteiger partial charge in [-0.15, -0.1) is 0 Å². The molecule has 3 nitrogen and oxygen atoms in total. The molecule has 2 rings (SSSR count). The molecule has 1 fully saturated rings. The monoisotopic (exact) mass is 294 g/mol. The third-order valence-electron chi connectivity index (χ3n) is 4.31. The van der Waals surface area contributed by atoms with Crippen molar-refractivity contribution in [3.05, 3.63) is 35.6 Å². The minimum Gasteiger partial charge on any atom is -0.381 e. The lowest BCUT2D eigenvalue weighted by Gasteiger charge is -2.40. The van der Waals surface area contributed by atoms with Crippen molar-refractivity contribution in [3.8, 4) is 0 Å². The average molecular weight is 294 g/mol. The van der Waals surface area contributed by atoms with Crippen LogP contribution in [0.1, 0.15) is 25.3 Å². The van der Waals surface area contributed by atoms with Gasteiger partial charge in [-0.2, -0.15) is 0 Å². The van der Waals surface area contributed by atoms with Gasteiger partial charge in [0.25, 0.3) is 0 Å². The minimum atomic E-state index is -0.114. The van der Waals surface area contributed by atoms with E-state index >= 15 is 0 Å². The third-order valence-corrected chi connectivity index (χ3v) is 4.31. The number of ether oxygens (including phenoxy) is 1. The van der Waals surface area contributed by atoms with Gasteiger partial charge in [-0.3, -0.25) is 0 Å².